The summed E-state index contributed by atoms with van der Waals surface area (Å²) >= 11 is 1.55. The molecular weight excluding hydrogens is 283 g/mol. The zero-order valence-electron chi connectivity index (χ0n) is 12.7. The van der Waals surface area contributed by atoms with Gasteiger partial charge in [-0.05, 0) is 68.1 Å². The Morgan fingerprint density at radius 3 is 2.19 bits per heavy atom. The van der Waals surface area contributed by atoms with Crippen LogP contribution in [0.4, 0.5) is 4.39 Å². The number of hydrogen-bond donors (Lipinski definition) is 1. The van der Waals surface area contributed by atoms with Crippen molar-refractivity contribution < 1.29 is 9.50 Å². The summed E-state index contributed by atoms with van der Waals surface area (Å²) in [6.45, 7) is 6.27. The molecule has 0 aliphatic rings. The van der Waals surface area contributed by atoms with Crippen LogP contribution in [-0.4, -0.2) is 17.0 Å². The first kappa shape index (κ1) is 16.1. The van der Waals surface area contributed by atoms with E-state index in [1.807, 2.05) is 0 Å². The Morgan fingerprint density at radius 2 is 1.62 bits per heavy atom. The first-order chi connectivity index (χ1) is 9.95. The molecule has 0 radical (unpaired) electrons. The predicted molar refractivity (Wildman–Crippen MR) is 87.5 cm³/mol. The largest absolute Gasteiger partial charge is 0.392 e. The van der Waals surface area contributed by atoms with Gasteiger partial charge < -0.3 is 5.11 Å². The van der Waals surface area contributed by atoms with Crippen molar-refractivity contribution in [3.63, 3.8) is 0 Å². The minimum Gasteiger partial charge on any atom is -0.392 e. The molecule has 0 aliphatic heterocycles. The summed E-state index contributed by atoms with van der Waals surface area (Å²) in [5, 5.41) is 10.2. The molecule has 21 heavy (non-hydrogen) atoms. The molecule has 0 amide bonds. The molecule has 0 saturated heterocycles. The third-order valence-electron chi connectivity index (χ3n) is 3.54. The lowest BCUT2D eigenvalue weighted by Gasteiger charge is -2.15. The molecule has 2 rings (SSSR count). The molecule has 0 aliphatic carbocycles. The highest BCUT2D eigenvalue weighted by molar-refractivity contribution is 7.99. The van der Waals surface area contributed by atoms with E-state index < -0.39 is 6.10 Å². The molecule has 112 valence electrons. The van der Waals surface area contributed by atoms with Crippen LogP contribution in [0.3, 0.4) is 0 Å². The average Bonchev–Trinajstić information content (AvgIpc) is 2.42. The van der Waals surface area contributed by atoms with Crippen LogP contribution in [0.5, 0.6) is 0 Å². The van der Waals surface area contributed by atoms with E-state index >= 15 is 0 Å². The Morgan fingerprint density at radius 1 is 1.05 bits per heavy atom. The topological polar surface area (TPSA) is 20.2 Å². The van der Waals surface area contributed by atoms with Crippen molar-refractivity contribution in [2.45, 2.75) is 38.2 Å². The quantitative estimate of drug-likeness (QED) is 0.824. The maximum Gasteiger partial charge on any atom is 0.123 e. The first-order valence-electron chi connectivity index (χ1n) is 7.09. The standard InChI is InChI=1S/C18H21FOS/c1-12-8-13(2)18(14(3)9-12)10-16(20)11-21-17-6-4-15(19)5-7-17/h4-9,16,20H,10-11H2,1-3H3. The maximum atomic E-state index is 12.8. The van der Waals surface area contributed by atoms with Crippen molar-refractivity contribution in [1.82, 2.24) is 0 Å². The molecule has 1 atom stereocenters. The number of aliphatic hydroxyl groups excluding tert-OH is 1. The van der Waals surface area contributed by atoms with Gasteiger partial charge in [0.2, 0.25) is 0 Å². The van der Waals surface area contributed by atoms with E-state index in [0.29, 0.717) is 12.2 Å². The Bertz CT molecular complexity index is 584. The van der Waals surface area contributed by atoms with E-state index in [0.717, 1.165) is 4.90 Å². The van der Waals surface area contributed by atoms with Crippen LogP contribution in [0.15, 0.2) is 41.3 Å². The van der Waals surface area contributed by atoms with Gasteiger partial charge in [-0.1, -0.05) is 17.7 Å². The molecule has 0 heterocycles. The van der Waals surface area contributed by atoms with E-state index in [2.05, 4.69) is 32.9 Å². The minimum atomic E-state index is -0.403. The Balaban J connectivity index is 1.96. The van der Waals surface area contributed by atoms with Crippen LogP contribution in [0.1, 0.15) is 22.3 Å². The van der Waals surface area contributed by atoms with Gasteiger partial charge in [-0.15, -0.1) is 11.8 Å². The van der Waals surface area contributed by atoms with Crippen LogP contribution in [-0.2, 0) is 6.42 Å². The molecule has 3 heteroatoms. The second-order valence-electron chi connectivity index (χ2n) is 5.50. The molecular formula is C18H21FOS. The summed E-state index contributed by atoms with van der Waals surface area (Å²) < 4.78 is 12.8. The van der Waals surface area contributed by atoms with Crippen molar-refractivity contribution in [1.29, 1.82) is 0 Å². The number of aryl methyl sites for hydroxylation is 3. The van der Waals surface area contributed by atoms with Gasteiger partial charge >= 0.3 is 0 Å². The fraction of sp³-hybridized carbons (Fsp3) is 0.333. The zero-order valence-corrected chi connectivity index (χ0v) is 13.5. The summed E-state index contributed by atoms with van der Waals surface area (Å²) in [5.74, 6) is 0.379. The van der Waals surface area contributed by atoms with E-state index in [1.165, 1.54) is 34.4 Å². The van der Waals surface area contributed by atoms with Crippen molar-refractivity contribution in [3.05, 3.63) is 64.5 Å². The molecule has 2 aromatic rings. The number of hydrogen-bond acceptors (Lipinski definition) is 2. The fourth-order valence-corrected chi connectivity index (χ4v) is 3.38. The second-order valence-corrected chi connectivity index (χ2v) is 6.59. The van der Waals surface area contributed by atoms with Crippen molar-refractivity contribution in [2.24, 2.45) is 0 Å². The number of aliphatic hydroxyl groups is 1. The Kier molecular flexibility index (Phi) is 5.43. The predicted octanol–water partition coefficient (Wildman–Crippen LogP) is 4.45. The smallest absolute Gasteiger partial charge is 0.123 e. The summed E-state index contributed by atoms with van der Waals surface area (Å²) in [6.07, 6.45) is 0.256. The average molecular weight is 304 g/mol. The van der Waals surface area contributed by atoms with E-state index in [1.54, 1.807) is 23.9 Å². The highest BCUT2D eigenvalue weighted by Gasteiger charge is 2.11. The van der Waals surface area contributed by atoms with E-state index in [4.69, 9.17) is 0 Å². The van der Waals surface area contributed by atoms with Gasteiger partial charge in [0.25, 0.3) is 0 Å². The maximum absolute atomic E-state index is 12.8. The van der Waals surface area contributed by atoms with Gasteiger partial charge in [0.05, 0.1) is 6.10 Å². The van der Waals surface area contributed by atoms with Crippen LogP contribution < -0.4 is 0 Å². The number of benzene rings is 2. The van der Waals surface area contributed by atoms with Crippen LogP contribution in [0.2, 0.25) is 0 Å². The third kappa shape index (κ3) is 4.58. The van der Waals surface area contributed by atoms with Gasteiger partial charge in [-0.2, -0.15) is 0 Å². The van der Waals surface area contributed by atoms with Gasteiger partial charge in [-0.3, -0.25) is 0 Å². The summed E-state index contributed by atoms with van der Waals surface area (Å²) in [7, 11) is 0. The molecule has 0 aromatic heterocycles. The van der Waals surface area contributed by atoms with Crippen molar-refractivity contribution in [3.8, 4) is 0 Å². The second kappa shape index (κ2) is 7.10. The summed E-state index contributed by atoms with van der Waals surface area (Å²) in [6, 6.07) is 10.7. The van der Waals surface area contributed by atoms with Crippen LogP contribution in [0.25, 0.3) is 0 Å². The Labute approximate surface area is 130 Å². The fourth-order valence-electron chi connectivity index (χ4n) is 2.55. The summed E-state index contributed by atoms with van der Waals surface area (Å²) in [4.78, 5) is 0.979. The normalized spacial score (nSPS) is 12.4. The van der Waals surface area contributed by atoms with Gasteiger partial charge in [0.15, 0.2) is 0 Å². The molecule has 1 unspecified atom stereocenters. The first-order valence-corrected chi connectivity index (χ1v) is 8.07. The van der Waals surface area contributed by atoms with Crippen molar-refractivity contribution >= 4 is 11.8 Å². The van der Waals surface area contributed by atoms with E-state index in [9.17, 15) is 9.50 Å². The minimum absolute atomic E-state index is 0.231. The number of rotatable bonds is 5. The van der Waals surface area contributed by atoms with Gasteiger partial charge in [-0.25, -0.2) is 4.39 Å². The van der Waals surface area contributed by atoms with Crippen LogP contribution >= 0.6 is 11.8 Å². The molecule has 1 N–H and O–H groups in total. The van der Waals surface area contributed by atoms with Crippen molar-refractivity contribution in [2.75, 3.05) is 5.75 Å². The lowest BCUT2D eigenvalue weighted by molar-refractivity contribution is 0.199. The molecule has 1 nitrogen and oxygen atoms in total. The molecule has 2 aromatic carbocycles. The van der Waals surface area contributed by atoms with Gasteiger partial charge in [0.1, 0.15) is 5.82 Å². The zero-order chi connectivity index (χ0) is 15.4. The highest BCUT2D eigenvalue weighted by atomic mass is 32.2. The lowest BCUT2D eigenvalue weighted by atomic mass is 9.96. The van der Waals surface area contributed by atoms with E-state index in [-0.39, 0.29) is 5.82 Å². The number of halogens is 1. The Hall–Kier alpha value is -1.32. The molecule has 0 fully saturated rings. The van der Waals surface area contributed by atoms with Crippen LogP contribution in [0, 0.1) is 26.6 Å². The number of thioether (sulfide) groups is 1. The molecule has 0 bridgehead atoms. The monoisotopic (exact) mass is 304 g/mol. The molecule has 0 saturated carbocycles. The molecule has 0 spiro atoms. The summed E-state index contributed by atoms with van der Waals surface area (Å²) in [5.41, 5.74) is 4.95. The SMILES string of the molecule is Cc1cc(C)c(CC(O)CSc2ccc(F)cc2)c(C)c1. The highest BCUT2D eigenvalue weighted by Crippen LogP contribution is 2.22. The lowest BCUT2D eigenvalue weighted by Crippen LogP contribution is -2.15. The third-order valence-corrected chi connectivity index (χ3v) is 4.69. The van der Waals surface area contributed by atoms with Gasteiger partial charge in [0, 0.05) is 10.6 Å².